The Kier molecular flexibility index (Phi) is 73.8. The molecule has 3 aromatic heterocycles. The molecule has 4 heterocycles. The van der Waals surface area contributed by atoms with Crippen molar-refractivity contribution in [2.24, 2.45) is 0 Å². The van der Waals surface area contributed by atoms with Gasteiger partial charge in [0, 0.05) is 92.9 Å². The summed E-state index contributed by atoms with van der Waals surface area (Å²) in [7, 11) is 0. The van der Waals surface area contributed by atoms with Gasteiger partial charge in [-0.3, -0.25) is 29.8 Å². The summed E-state index contributed by atoms with van der Waals surface area (Å²) in [6.07, 6.45) is 8.68. The third-order valence-corrected chi connectivity index (χ3v) is 20.9. The van der Waals surface area contributed by atoms with Crippen molar-refractivity contribution in [3.63, 3.8) is 0 Å². The van der Waals surface area contributed by atoms with E-state index in [2.05, 4.69) is 103 Å². The number of carbonyl (C=O) groups is 3. The summed E-state index contributed by atoms with van der Waals surface area (Å²) in [5.74, 6) is -1.34. The van der Waals surface area contributed by atoms with Crippen LogP contribution in [-0.4, -0.2) is 86.0 Å². The fourth-order valence-corrected chi connectivity index (χ4v) is 13.6. The number of nitrogens with two attached hydrogens (primary N) is 2. The molecule has 1 fully saturated rings. The number of anilines is 4. The smallest absolute Gasteiger partial charge is 0.337 e. The highest BCUT2D eigenvalue weighted by Gasteiger charge is 2.15. The van der Waals surface area contributed by atoms with Crippen LogP contribution in [0.4, 0.5) is 56.2 Å². The van der Waals surface area contributed by atoms with Crippen molar-refractivity contribution in [3.8, 4) is 17.2 Å². The Bertz CT molecular complexity index is 6520. The minimum atomic E-state index is -0.985. The van der Waals surface area contributed by atoms with Crippen LogP contribution in [-0.2, 0) is 40.8 Å². The SMILES string of the molecule is C.C.C.C.C.C.C.C.C.C1CCOC1.CC(=O)O.CCCC(C)=O.Clc1ncnc2ccc(I)cc12.Fc1cccc(COc2ccc(Nc3ncnc4ccc(I)cc34)cc2Cl)c1.N.Nc1ccc(I)cc1C(=O)O.Nc1ccc(OCc2cccc(F)c2)c(Cl)c1.O=[N+]([O-])c1ccc(F)c(Cl)c1.O=[N+]([O-])c1ccc(OCc2cccc(F)c2)c(Cl)c1.O=c1[nH]cnc2ccc(I)cc12.OCc1cccc(F)c1. The summed E-state index contributed by atoms with van der Waals surface area (Å²) in [4.78, 5) is 83.4. The zero-order chi connectivity index (χ0) is 98.3. The molecule has 0 bridgehead atoms. The average Bonchev–Trinajstić information content (AvgIpc) is 0.888. The number of aliphatic carboxylic acids is 1. The van der Waals surface area contributed by atoms with Gasteiger partial charge < -0.3 is 67.0 Å². The highest BCUT2D eigenvalue weighted by Crippen LogP contribution is 2.34. The number of nitrogens with one attached hydrogen (secondary N) is 2. The van der Waals surface area contributed by atoms with Crippen LogP contribution in [0.1, 0.15) is 146 Å². The number of aromatic amines is 1. The second kappa shape index (κ2) is 75.3. The molecule has 144 heavy (non-hydrogen) atoms. The maximum Gasteiger partial charge on any atom is 0.337 e. The summed E-state index contributed by atoms with van der Waals surface area (Å²) >= 11 is 38.0. The number of hydrogen-bond donors (Lipinski definition) is 8. The standard InChI is InChI=1S/C21H14ClFIN3O.C13H9ClFNO3.C13H11ClFNO.C8H4ClIN2.C8H5IN2O.C7H7FO.C7H6INO2.C6H3ClFNO2.C5H10O.C4H8O.C2H4O2.9CH4.H3N/c22-18-10-16(5-7-20(18)28-11-13-2-1-3-14(23)8-13)27-21-17-9-15(24)4-6-19(17)25-12-26-21;14-12-7-11(16(17)18)4-5-13(12)19-8-9-2-1-3-10(15)6-9;14-12-7-11(16)4-5-13(12)17-8-9-2-1-3-10(15)6-9;9-8-6-3-5(10)1-2-7(6)11-4-12-8;9-5-1-2-7-6(3-5)8(12)11-4-10-7;8-7-3-1-2-6(4-7)5-9;8-4-1-2-6(9)5(3-4)7(10)11;7-5-3-4(9(10)11)1-2-6(5)8;1-3-4-5(2)6;1-2-4-5-3-1;1-2(3)4;;;;;;;;;;/h1-10,12H,11H2,(H,25,26,27);1-7H,8H2;1-7H,8,16H2;1-4H;1-4H,(H,10,11,12);1-4,9H,5H2;1-3H,9H2,(H,10,11);1-3H;3-4H2,1-2H3;1-4H2;1H3,(H,3,4);9*1H4;1H3. The number of ether oxygens (including phenoxy) is 4. The van der Waals surface area contributed by atoms with Gasteiger partial charge in [-0.05, 0) is 309 Å². The molecule has 780 valence electrons. The Labute approximate surface area is 916 Å². The number of H-pyrrole nitrogens is 1. The van der Waals surface area contributed by atoms with Crippen molar-refractivity contribution in [2.45, 2.75) is 140 Å². The van der Waals surface area contributed by atoms with Gasteiger partial charge in [-0.1, -0.05) is 180 Å². The lowest BCUT2D eigenvalue weighted by Crippen LogP contribution is -2.05. The van der Waals surface area contributed by atoms with E-state index in [1.165, 1.54) is 105 Å². The van der Waals surface area contributed by atoms with Crippen LogP contribution in [0.25, 0.3) is 32.7 Å². The number of benzene rings is 12. The number of carboxylic acids is 2. The maximum absolute atomic E-state index is 13.3. The molecule has 16 rings (SSSR count). The van der Waals surface area contributed by atoms with Crippen LogP contribution in [0.15, 0.2) is 266 Å². The molecule has 27 nitrogen and oxygen atoms in total. The molecule has 0 atom stereocenters. The molecule has 0 unspecified atom stereocenters. The first-order valence-corrected chi connectivity index (χ1v) is 45.4. The second-order valence-corrected chi connectivity index (χ2v) is 34.1. The fraction of sp³-hybridized carbons (Fsp3) is 0.214. The van der Waals surface area contributed by atoms with Gasteiger partial charge >= 0.3 is 5.97 Å². The molecule has 0 amide bonds. The number of hydrogen-bond acceptors (Lipinski definition) is 22. The quantitative estimate of drug-likeness (QED) is 0.0105. The van der Waals surface area contributed by atoms with E-state index in [1.54, 1.807) is 97.9 Å². The predicted molar refractivity (Wildman–Crippen MR) is 611 cm³/mol. The van der Waals surface area contributed by atoms with Gasteiger partial charge in [-0.25, -0.2) is 51.7 Å². The fourth-order valence-electron chi connectivity index (χ4n) is 10.5. The third-order valence-electron chi connectivity index (χ3n) is 16.7. The van der Waals surface area contributed by atoms with Crippen LogP contribution < -0.4 is 42.7 Å². The summed E-state index contributed by atoms with van der Waals surface area (Å²) < 4.78 is 89.5. The van der Waals surface area contributed by atoms with Crippen LogP contribution in [0, 0.1) is 63.6 Å². The number of fused-ring (bicyclic) bond motifs is 3. The van der Waals surface area contributed by atoms with Crippen molar-refractivity contribution in [3.05, 3.63) is 389 Å². The molecule has 15 aromatic rings. The van der Waals surface area contributed by atoms with E-state index in [0.717, 1.165) is 110 Å². The Hall–Kier alpha value is -11.4. The number of aliphatic hydroxyl groups is 1. The van der Waals surface area contributed by atoms with E-state index in [4.69, 9.17) is 109 Å². The van der Waals surface area contributed by atoms with Crippen LogP contribution in [0.2, 0.25) is 25.2 Å². The molecule has 0 aliphatic carbocycles. The van der Waals surface area contributed by atoms with Gasteiger partial charge in [0.15, 0.2) is 0 Å². The molecule has 1 aliphatic rings. The largest absolute Gasteiger partial charge is 0.487 e. The van der Waals surface area contributed by atoms with E-state index in [-0.39, 0.29) is 161 Å². The van der Waals surface area contributed by atoms with Crippen molar-refractivity contribution in [1.82, 2.24) is 36.1 Å². The zero-order valence-electron chi connectivity index (χ0n) is 71.4. The van der Waals surface area contributed by atoms with Gasteiger partial charge in [0.2, 0.25) is 0 Å². The molecular formula is C103H120Cl5F5I4N12O15. The number of aromatic carboxylic acids is 1. The molecular weight excluding hydrogens is 2430 g/mol. The molecule has 12 N–H and O–H groups in total. The van der Waals surface area contributed by atoms with Crippen LogP contribution in [0.5, 0.6) is 17.2 Å². The van der Waals surface area contributed by atoms with E-state index in [9.17, 15) is 56.6 Å². The van der Waals surface area contributed by atoms with Crippen LogP contribution in [0.3, 0.4) is 0 Å². The number of aliphatic hydroxyl groups excluding tert-OH is 1. The van der Waals surface area contributed by atoms with Crippen molar-refractivity contribution < 1.29 is 80.4 Å². The number of aromatic nitrogens is 6. The van der Waals surface area contributed by atoms with E-state index >= 15 is 0 Å². The first-order valence-electron chi connectivity index (χ1n) is 39.1. The summed E-state index contributed by atoms with van der Waals surface area (Å²) in [6.45, 7) is 7.23. The summed E-state index contributed by atoms with van der Waals surface area (Å²) in [6, 6.07) is 64.1. The number of rotatable bonds is 17. The van der Waals surface area contributed by atoms with Gasteiger partial charge in [0.1, 0.15) is 95.6 Å². The van der Waals surface area contributed by atoms with Gasteiger partial charge in [-0.15, -0.1) is 0 Å². The molecule has 0 radical (unpaired) electrons. The zero-order valence-corrected chi connectivity index (χ0v) is 83.8. The Morgan fingerprint density at radius 1 is 0.479 bits per heavy atom. The van der Waals surface area contributed by atoms with Crippen molar-refractivity contribution >= 4 is 233 Å². The number of nitro groups is 2. The minimum absolute atomic E-state index is 0. The highest BCUT2D eigenvalue weighted by molar-refractivity contribution is 14.1. The number of nitro benzene ring substituents is 2. The van der Waals surface area contributed by atoms with E-state index < -0.39 is 27.6 Å². The Balaban J connectivity index is -0.000000506. The van der Waals surface area contributed by atoms with Crippen molar-refractivity contribution in [2.75, 3.05) is 30.0 Å². The molecule has 41 heteroatoms. The number of carboxylic acid groups (broad SMARTS) is 2. The van der Waals surface area contributed by atoms with Gasteiger partial charge in [0.05, 0.1) is 70.4 Å². The first-order chi connectivity index (χ1) is 63.9. The monoisotopic (exact) mass is 2540 g/mol. The number of ketones is 1. The number of non-ortho nitro benzene ring substituents is 2. The molecule has 0 saturated carbocycles. The van der Waals surface area contributed by atoms with E-state index in [0.29, 0.717) is 66.2 Å². The maximum atomic E-state index is 13.3. The third kappa shape index (κ3) is 52.9. The van der Waals surface area contributed by atoms with E-state index in [1.807, 2.05) is 90.2 Å². The molecule has 12 aromatic carbocycles. The summed E-state index contributed by atoms with van der Waals surface area (Å²) in [5.41, 5.74) is 17.6. The van der Waals surface area contributed by atoms with Gasteiger partial charge in [0.25, 0.3) is 22.9 Å². The van der Waals surface area contributed by atoms with Crippen LogP contribution >= 0.6 is 148 Å². The lowest BCUT2D eigenvalue weighted by atomic mass is 10.2. The predicted octanol–water partition coefficient (Wildman–Crippen LogP) is 31.8. The average molecular weight is 2550 g/mol. The molecule has 1 aliphatic heterocycles. The number of nitrogen functional groups attached to an aromatic ring is 2. The number of halogens is 14. The first kappa shape index (κ1) is 141. The van der Waals surface area contributed by atoms with Crippen molar-refractivity contribution in [1.29, 1.82) is 0 Å². The Morgan fingerprint density at radius 3 is 1.26 bits per heavy atom. The Morgan fingerprint density at radius 2 is 0.868 bits per heavy atom. The minimum Gasteiger partial charge on any atom is -0.487 e. The number of nitrogens with zero attached hydrogens (tertiary/aromatic N) is 7. The van der Waals surface area contributed by atoms with Gasteiger partial charge in [-0.2, -0.15) is 0 Å². The normalized spacial score (nSPS) is 9.82. The highest BCUT2D eigenvalue weighted by atomic mass is 127. The number of carbonyl (C=O) groups excluding carboxylic acids is 1. The number of Topliss-reactive ketones (excluding diaryl/α,β-unsaturated/α-hetero) is 1. The topological polar surface area (TPSA) is 431 Å². The lowest BCUT2D eigenvalue weighted by molar-refractivity contribution is -0.385. The lowest BCUT2D eigenvalue weighted by Gasteiger charge is -2.12. The molecule has 1 saturated heterocycles. The second-order valence-electron chi connectivity index (χ2n) is 27.2. The summed E-state index contributed by atoms with van der Waals surface area (Å²) in [5, 5.41) is 52.2. The molecule has 0 spiro atoms.